The van der Waals surface area contributed by atoms with Gasteiger partial charge in [-0.2, -0.15) is 0 Å². The molecule has 2 aliphatic rings. The summed E-state index contributed by atoms with van der Waals surface area (Å²) in [4.78, 5) is 12.3. The summed E-state index contributed by atoms with van der Waals surface area (Å²) in [6.45, 7) is 3.58. The van der Waals surface area contributed by atoms with Crippen molar-refractivity contribution in [1.82, 2.24) is 20.1 Å². The van der Waals surface area contributed by atoms with Crippen LogP contribution in [-0.4, -0.2) is 20.7 Å². The van der Waals surface area contributed by atoms with Gasteiger partial charge in [-0.3, -0.25) is 4.79 Å². The van der Waals surface area contributed by atoms with Gasteiger partial charge in [-0.1, -0.05) is 24.3 Å². The van der Waals surface area contributed by atoms with Crippen molar-refractivity contribution in [3.05, 3.63) is 47.0 Å². The second-order valence-corrected chi connectivity index (χ2v) is 6.31. The predicted molar refractivity (Wildman–Crippen MR) is 82.2 cm³/mol. The lowest BCUT2D eigenvalue weighted by atomic mass is 10.0. The molecule has 1 fully saturated rings. The number of nitrogens with zero attached hydrogens (tertiary/aromatic N) is 3. The van der Waals surface area contributed by atoms with Gasteiger partial charge in [0.25, 0.3) is 0 Å². The van der Waals surface area contributed by atoms with Crippen LogP contribution in [0.5, 0.6) is 0 Å². The van der Waals surface area contributed by atoms with Crippen LogP contribution < -0.4 is 5.32 Å². The fourth-order valence-corrected chi connectivity index (χ4v) is 3.47. The second-order valence-electron chi connectivity index (χ2n) is 6.31. The molecule has 1 aromatic heterocycles. The van der Waals surface area contributed by atoms with Gasteiger partial charge >= 0.3 is 0 Å². The summed E-state index contributed by atoms with van der Waals surface area (Å²) < 4.78 is 2.13. The van der Waals surface area contributed by atoms with Crippen LogP contribution >= 0.6 is 0 Å². The first kappa shape index (κ1) is 13.5. The molecule has 0 bridgehead atoms. The third-order valence-electron chi connectivity index (χ3n) is 4.82. The quantitative estimate of drug-likeness (QED) is 0.938. The molecule has 5 heteroatoms. The average molecular weight is 296 g/mol. The van der Waals surface area contributed by atoms with Crippen LogP contribution in [0, 0.1) is 12.8 Å². The van der Waals surface area contributed by atoms with Gasteiger partial charge in [0.15, 0.2) is 5.82 Å². The number of benzene rings is 1. The minimum atomic E-state index is 0.113. The van der Waals surface area contributed by atoms with Gasteiger partial charge in [0.05, 0.1) is 6.54 Å². The fourth-order valence-electron chi connectivity index (χ4n) is 3.47. The molecule has 5 nitrogen and oxygen atoms in total. The molecule has 22 heavy (non-hydrogen) atoms. The minimum absolute atomic E-state index is 0.113. The van der Waals surface area contributed by atoms with Crippen molar-refractivity contribution in [2.75, 3.05) is 0 Å². The molecule has 1 N–H and O–H groups in total. The molecule has 4 rings (SSSR count). The highest BCUT2D eigenvalue weighted by Gasteiger charge is 2.44. The molecule has 2 aromatic rings. The SMILES string of the molecule is Cc1ccccc1[C@@H]1C[C@H]1C(=O)NCc1nnc2n1CCC2. The molecule has 2 heterocycles. The molecule has 2 atom stereocenters. The van der Waals surface area contributed by atoms with Crippen molar-refractivity contribution in [1.29, 1.82) is 0 Å². The van der Waals surface area contributed by atoms with Crippen molar-refractivity contribution >= 4 is 5.91 Å². The second kappa shape index (κ2) is 5.23. The summed E-state index contributed by atoms with van der Waals surface area (Å²) in [5, 5.41) is 11.4. The van der Waals surface area contributed by atoms with Gasteiger partial charge in [-0.05, 0) is 36.8 Å². The topological polar surface area (TPSA) is 59.8 Å². The zero-order chi connectivity index (χ0) is 15.1. The maximum Gasteiger partial charge on any atom is 0.224 e. The number of nitrogens with one attached hydrogen (secondary N) is 1. The van der Waals surface area contributed by atoms with Gasteiger partial charge < -0.3 is 9.88 Å². The highest BCUT2D eigenvalue weighted by molar-refractivity contribution is 5.82. The number of amides is 1. The van der Waals surface area contributed by atoms with E-state index in [-0.39, 0.29) is 11.8 Å². The number of fused-ring (bicyclic) bond motifs is 1. The molecule has 1 aliphatic carbocycles. The Labute approximate surface area is 129 Å². The van der Waals surface area contributed by atoms with E-state index in [1.165, 1.54) is 11.1 Å². The van der Waals surface area contributed by atoms with Crippen LogP contribution in [0.3, 0.4) is 0 Å². The monoisotopic (exact) mass is 296 g/mol. The molecule has 0 spiro atoms. The van der Waals surface area contributed by atoms with Crippen LogP contribution in [0.1, 0.15) is 41.5 Å². The molecule has 1 amide bonds. The van der Waals surface area contributed by atoms with E-state index >= 15 is 0 Å². The molecule has 1 saturated carbocycles. The summed E-state index contributed by atoms with van der Waals surface area (Å²) in [6.07, 6.45) is 3.08. The van der Waals surface area contributed by atoms with Crippen molar-refractivity contribution in [3.63, 3.8) is 0 Å². The van der Waals surface area contributed by atoms with Gasteiger partial charge in [0, 0.05) is 18.9 Å². The normalized spacial score (nSPS) is 22.4. The third-order valence-corrected chi connectivity index (χ3v) is 4.82. The summed E-state index contributed by atoms with van der Waals surface area (Å²) >= 11 is 0. The smallest absolute Gasteiger partial charge is 0.224 e. The lowest BCUT2D eigenvalue weighted by Gasteiger charge is -2.07. The van der Waals surface area contributed by atoms with Crippen LogP contribution in [0.15, 0.2) is 24.3 Å². The molecule has 1 aromatic carbocycles. The first-order valence-electron chi connectivity index (χ1n) is 7.98. The Kier molecular flexibility index (Phi) is 3.21. The number of hydrogen-bond acceptors (Lipinski definition) is 3. The Hall–Kier alpha value is -2.17. The minimum Gasteiger partial charge on any atom is -0.349 e. The molecule has 1 aliphatic heterocycles. The van der Waals surface area contributed by atoms with Crippen LogP contribution in [0.2, 0.25) is 0 Å². The number of hydrogen-bond donors (Lipinski definition) is 1. The van der Waals surface area contributed by atoms with Gasteiger partial charge in [-0.25, -0.2) is 0 Å². The predicted octanol–water partition coefficient (Wildman–Crippen LogP) is 1.95. The Bertz CT molecular complexity index is 721. The largest absolute Gasteiger partial charge is 0.349 e. The van der Waals surface area contributed by atoms with Gasteiger partial charge in [-0.15, -0.1) is 10.2 Å². The van der Waals surface area contributed by atoms with Gasteiger partial charge in [0.1, 0.15) is 5.82 Å². The maximum absolute atomic E-state index is 12.3. The van der Waals surface area contributed by atoms with Crippen LogP contribution in [0.25, 0.3) is 0 Å². The fraction of sp³-hybridized carbons (Fsp3) is 0.471. The maximum atomic E-state index is 12.3. The molecular weight excluding hydrogens is 276 g/mol. The molecule has 0 radical (unpaired) electrons. The van der Waals surface area contributed by atoms with Gasteiger partial charge in [0.2, 0.25) is 5.91 Å². The highest BCUT2D eigenvalue weighted by atomic mass is 16.2. The summed E-state index contributed by atoms with van der Waals surface area (Å²) in [5.74, 6) is 2.57. The standard InChI is InChI=1S/C17H20N4O/c1-11-5-2-3-6-12(11)13-9-14(13)17(22)18-10-16-20-19-15-7-4-8-21(15)16/h2-3,5-6,13-14H,4,7-10H2,1H3,(H,18,22)/t13-,14+/m0/s1. The zero-order valence-electron chi connectivity index (χ0n) is 12.7. The van der Waals surface area contributed by atoms with Crippen molar-refractivity contribution in [2.24, 2.45) is 5.92 Å². The Morgan fingerprint density at radius 3 is 3.09 bits per heavy atom. The number of carbonyl (C=O) groups excluding carboxylic acids is 1. The van der Waals surface area contributed by atoms with E-state index in [4.69, 9.17) is 0 Å². The zero-order valence-corrected chi connectivity index (χ0v) is 12.7. The van der Waals surface area contributed by atoms with Crippen molar-refractivity contribution in [3.8, 4) is 0 Å². The summed E-state index contributed by atoms with van der Waals surface area (Å²) in [7, 11) is 0. The van der Waals surface area contributed by atoms with E-state index in [0.717, 1.165) is 37.5 Å². The molecule has 114 valence electrons. The Morgan fingerprint density at radius 1 is 1.36 bits per heavy atom. The first-order valence-corrected chi connectivity index (χ1v) is 7.98. The van der Waals surface area contributed by atoms with Crippen molar-refractivity contribution in [2.45, 2.75) is 45.2 Å². The molecule has 0 unspecified atom stereocenters. The number of carbonyl (C=O) groups is 1. The lowest BCUT2D eigenvalue weighted by molar-refractivity contribution is -0.122. The summed E-state index contributed by atoms with van der Waals surface area (Å²) in [5.41, 5.74) is 2.59. The van der Waals surface area contributed by atoms with Crippen LogP contribution in [0.4, 0.5) is 0 Å². The van der Waals surface area contributed by atoms with E-state index < -0.39 is 0 Å². The van der Waals surface area contributed by atoms with E-state index in [9.17, 15) is 4.79 Å². The number of aromatic nitrogens is 3. The molecular formula is C17H20N4O. The molecule has 0 saturated heterocycles. The van der Waals surface area contributed by atoms with E-state index in [1.54, 1.807) is 0 Å². The number of rotatable bonds is 4. The third kappa shape index (κ3) is 2.30. The van der Waals surface area contributed by atoms with E-state index in [1.807, 2.05) is 6.07 Å². The Morgan fingerprint density at radius 2 is 2.23 bits per heavy atom. The van der Waals surface area contributed by atoms with E-state index in [2.05, 4.69) is 45.2 Å². The lowest BCUT2D eigenvalue weighted by Crippen LogP contribution is -2.26. The summed E-state index contributed by atoms with van der Waals surface area (Å²) in [6, 6.07) is 8.35. The Balaban J connectivity index is 1.37. The van der Waals surface area contributed by atoms with E-state index in [0.29, 0.717) is 12.5 Å². The number of aryl methyl sites for hydroxylation is 2. The van der Waals surface area contributed by atoms with Crippen molar-refractivity contribution < 1.29 is 4.79 Å². The van der Waals surface area contributed by atoms with Crippen LogP contribution in [-0.2, 0) is 24.3 Å². The highest BCUT2D eigenvalue weighted by Crippen LogP contribution is 2.48. The first-order chi connectivity index (χ1) is 10.7. The average Bonchev–Trinajstić information content (AvgIpc) is 3.00.